The molecule has 0 bridgehead atoms. The quantitative estimate of drug-likeness (QED) is 0.800. The van der Waals surface area contributed by atoms with E-state index in [0.29, 0.717) is 6.42 Å². The van der Waals surface area contributed by atoms with Crippen molar-refractivity contribution >= 4 is 11.6 Å². The topological polar surface area (TPSA) is 55.1 Å². The number of carbonyl (C=O) groups is 1. The van der Waals surface area contributed by atoms with Gasteiger partial charge in [0, 0.05) is 18.2 Å². The molecule has 3 nitrogen and oxygen atoms in total. The molecule has 0 saturated carbocycles. The Balaban J connectivity index is 2.49. The molecule has 0 radical (unpaired) electrons. The van der Waals surface area contributed by atoms with Crippen LogP contribution in [0.15, 0.2) is 24.3 Å². The van der Waals surface area contributed by atoms with Crippen LogP contribution in [-0.4, -0.2) is 11.9 Å². The lowest BCUT2D eigenvalue weighted by molar-refractivity contribution is -0.116. The number of nitrogens with one attached hydrogen (secondary N) is 1. The molecule has 1 aromatic carbocycles. The number of carbonyl (C=O) groups excluding carboxylic acids is 1. The van der Waals surface area contributed by atoms with E-state index in [1.165, 1.54) is 5.56 Å². The van der Waals surface area contributed by atoms with Crippen LogP contribution >= 0.6 is 0 Å². The zero-order valence-corrected chi connectivity index (χ0v) is 9.99. The number of hydrogen-bond donors (Lipinski definition) is 2. The summed E-state index contributed by atoms with van der Waals surface area (Å²) in [6.45, 7) is 4.09. The van der Waals surface area contributed by atoms with Gasteiger partial charge in [-0.1, -0.05) is 26.0 Å². The minimum Gasteiger partial charge on any atom is -0.327 e. The van der Waals surface area contributed by atoms with E-state index in [2.05, 4.69) is 12.2 Å². The van der Waals surface area contributed by atoms with Crippen molar-refractivity contribution < 1.29 is 4.79 Å². The van der Waals surface area contributed by atoms with Gasteiger partial charge in [0.15, 0.2) is 0 Å². The Labute approximate surface area is 97.0 Å². The van der Waals surface area contributed by atoms with Crippen LogP contribution in [-0.2, 0) is 11.2 Å². The first-order valence-electron chi connectivity index (χ1n) is 5.80. The Hall–Kier alpha value is -1.35. The molecule has 0 aliphatic carbocycles. The zero-order valence-electron chi connectivity index (χ0n) is 9.99. The van der Waals surface area contributed by atoms with Crippen LogP contribution in [0.4, 0.5) is 5.69 Å². The molecule has 1 amide bonds. The van der Waals surface area contributed by atoms with Gasteiger partial charge in [-0.25, -0.2) is 0 Å². The summed E-state index contributed by atoms with van der Waals surface area (Å²) in [6, 6.07) is 7.85. The molecule has 0 aromatic heterocycles. The van der Waals surface area contributed by atoms with Gasteiger partial charge in [-0.2, -0.15) is 0 Å². The molecule has 1 aromatic rings. The van der Waals surface area contributed by atoms with Crippen LogP contribution < -0.4 is 11.1 Å². The Morgan fingerprint density at radius 2 is 1.94 bits per heavy atom. The van der Waals surface area contributed by atoms with E-state index in [1.807, 2.05) is 31.2 Å². The third kappa shape index (κ3) is 4.03. The van der Waals surface area contributed by atoms with Gasteiger partial charge in [-0.15, -0.1) is 0 Å². The van der Waals surface area contributed by atoms with Crippen LogP contribution in [0.2, 0.25) is 0 Å². The molecule has 1 atom stereocenters. The van der Waals surface area contributed by atoms with Crippen molar-refractivity contribution in [2.45, 2.75) is 39.2 Å². The largest absolute Gasteiger partial charge is 0.327 e. The van der Waals surface area contributed by atoms with Crippen molar-refractivity contribution in [1.82, 2.24) is 0 Å². The first kappa shape index (κ1) is 12.7. The van der Waals surface area contributed by atoms with E-state index in [0.717, 1.165) is 18.5 Å². The predicted octanol–water partition coefficient (Wildman–Crippen LogP) is 2.31. The SMILES string of the molecule is CCc1ccc(NC(=O)CC(N)CC)cc1. The van der Waals surface area contributed by atoms with Gasteiger partial charge >= 0.3 is 0 Å². The van der Waals surface area contributed by atoms with Gasteiger partial charge in [-0.05, 0) is 30.5 Å². The molecule has 1 unspecified atom stereocenters. The van der Waals surface area contributed by atoms with E-state index >= 15 is 0 Å². The minimum atomic E-state index is -0.0464. The maximum absolute atomic E-state index is 11.5. The molecular formula is C13H20N2O. The maximum Gasteiger partial charge on any atom is 0.225 e. The first-order chi connectivity index (χ1) is 7.65. The normalized spacial score (nSPS) is 12.2. The van der Waals surface area contributed by atoms with Crippen molar-refractivity contribution in [3.8, 4) is 0 Å². The molecule has 0 aliphatic heterocycles. The Bertz CT molecular complexity index is 332. The summed E-state index contributed by atoms with van der Waals surface area (Å²) < 4.78 is 0. The fraction of sp³-hybridized carbons (Fsp3) is 0.462. The lowest BCUT2D eigenvalue weighted by Crippen LogP contribution is -2.26. The molecule has 0 fully saturated rings. The van der Waals surface area contributed by atoms with Crippen molar-refractivity contribution in [3.63, 3.8) is 0 Å². The standard InChI is InChI=1S/C13H20N2O/c1-3-10-5-7-12(8-6-10)15-13(16)9-11(14)4-2/h5-8,11H,3-4,9,14H2,1-2H3,(H,15,16). The molecule has 3 heteroatoms. The molecule has 16 heavy (non-hydrogen) atoms. The smallest absolute Gasteiger partial charge is 0.225 e. The number of hydrogen-bond acceptors (Lipinski definition) is 2. The van der Waals surface area contributed by atoms with Gasteiger partial charge < -0.3 is 11.1 Å². The average Bonchev–Trinajstić information content (AvgIpc) is 2.29. The van der Waals surface area contributed by atoms with E-state index in [9.17, 15) is 4.79 Å². The summed E-state index contributed by atoms with van der Waals surface area (Å²) in [7, 11) is 0. The van der Waals surface area contributed by atoms with Gasteiger partial charge in [0.25, 0.3) is 0 Å². The lowest BCUT2D eigenvalue weighted by Gasteiger charge is -2.09. The van der Waals surface area contributed by atoms with Crippen LogP contribution in [0.1, 0.15) is 32.3 Å². The van der Waals surface area contributed by atoms with Crippen molar-refractivity contribution in [3.05, 3.63) is 29.8 Å². The highest BCUT2D eigenvalue weighted by molar-refractivity contribution is 5.91. The summed E-state index contributed by atoms with van der Waals surface area (Å²) in [5.74, 6) is -0.0152. The highest BCUT2D eigenvalue weighted by Gasteiger charge is 2.07. The molecule has 0 spiro atoms. The maximum atomic E-state index is 11.5. The Morgan fingerprint density at radius 1 is 1.31 bits per heavy atom. The monoisotopic (exact) mass is 220 g/mol. The van der Waals surface area contributed by atoms with Crippen molar-refractivity contribution in [2.24, 2.45) is 5.73 Å². The second-order valence-corrected chi connectivity index (χ2v) is 3.97. The number of nitrogens with two attached hydrogens (primary N) is 1. The predicted molar refractivity (Wildman–Crippen MR) is 67.3 cm³/mol. The molecule has 1 rings (SSSR count). The molecule has 88 valence electrons. The molecule has 3 N–H and O–H groups in total. The van der Waals surface area contributed by atoms with Crippen molar-refractivity contribution in [2.75, 3.05) is 5.32 Å². The fourth-order valence-corrected chi connectivity index (χ4v) is 1.42. The second-order valence-electron chi connectivity index (χ2n) is 3.97. The minimum absolute atomic E-state index is 0.0152. The van der Waals surface area contributed by atoms with Crippen LogP contribution in [0.3, 0.4) is 0 Å². The first-order valence-corrected chi connectivity index (χ1v) is 5.80. The molecule has 0 heterocycles. The van der Waals surface area contributed by atoms with E-state index < -0.39 is 0 Å². The lowest BCUT2D eigenvalue weighted by atomic mass is 10.1. The summed E-state index contributed by atoms with van der Waals surface area (Å²) in [4.78, 5) is 11.5. The highest BCUT2D eigenvalue weighted by atomic mass is 16.1. The van der Waals surface area contributed by atoms with Crippen LogP contribution in [0.5, 0.6) is 0 Å². The van der Waals surface area contributed by atoms with Gasteiger partial charge in [0.05, 0.1) is 0 Å². The van der Waals surface area contributed by atoms with Gasteiger partial charge in [0.1, 0.15) is 0 Å². The van der Waals surface area contributed by atoms with Gasteiger partial charge in [-0.3, -0.25) is 4.79 Å². The summed E-state index contributed by atoms with van der Waals surface area (Å²) in [6.07, 6.45) is 2.21. The summed E-state index contributed by atoms with van der Waals surface area (Å²) in [5.41, 5.74) is 7.82. The van der Waals surface area contributed by atoms with Crippen LogP contribution in [0.25, 0.3) is 0 Å². The zero-order chi connectivity index (χ0) is 12.0. The van der Waals surface area contributed by atoms with E-state index in [-0.39, 0.29) is 11.9 Å². The number of benzene rings is 1. The molecular weight excluding hydrogens is 200 g/mol. The fourth-order valence-electron chi connectivity index (χ4n) is 1.42. The Morgan fingerprint density at radius 3 is 2.44 bits per heavy atom. The Kier molecular flexibility index (Phi) is 4.99. The van der Waals surface area contributed by atoms with Crippen molar-refractivity contribution in [1.29, 1.82) is 0 Å². The number of amides is 1. The number of rotatable bonds is 5. The number of aryl methyl sites for hydroxylation is 1. The average molecular weight is 220 g/mol. The third-order valence-corrected chi connectivity index (χ3v) is 2.62. The number of anilines is 1. The third-order valence-electron chi connectivity index (χ3n) is 2.62. The second kappa shape index (κ2) is 6.28. The molecule has 0 saturated heterocycles. The van der Waals surface area contributed by atoms with E-state index in [4.69, 9.17) is 5.73 Å². The van der Waals surface area contributed by atoms with E-state index in [1.54, 1.807) is 0 Å². The van der Waals surface area contributed by atoms with Gasteiger partial charge in [0.2, 0.25) is 5.91 Å². The molecule has 0 aliphatic rings. The highest BCUT2D eigenvalue weighted by Crippen LogP contribution is 2.10. The van der Waals surface area contributed by atoms with Crippen LogP contribution in [0, 0.1) is 0 Å². The summed E-state index contributed by atoms with van der Waals surface area (Å²) in [5, 5.41) is 2.84. The summed E-state index contributed by atoms with van der Waals surface area (Å²) >= 11 is 0.